The van der Waals surface area contributed by atoms with Crippen molar-refractivity contribution in [1.29, 1.82) is 5.26 Å². The van der Waals surface area contributed by atoms with Gasteiger partial charge < -0.3 is 0 Å². The largest absolute Gasteiger partial charge is 0.235 e. The van der Waals surface area contributed by atoms with Crippen LogP contribution in [0.25, 0.3) is 22.9 Å². The fraction of sp³-hybridized carbons (Fsp3) is 0. The number of hydrogen-bond donors (Lipinski definition) is 0. The van der Waals surface area contributed by atoms with Crippen molar-refractivity contribution in [3.05, 3.63) is 75.6 Å². The van der Waals surface area contributed by atoms with Gasteiger partial charge in [-0.25, -0.2) is 4.98 Å². The van der Waals surface area contributed by atoms with Crippen molar-refractivity contribution < 1.29 is 0 Å². The molecule has 0 saturated carbocycles. The van der Waals surface area contributed by atoms with Gasteiger partial charge in [-0.3, -0.25) is 0 Å². The van der Waals surface area contributed by atoms with Crippen LogP contribution in [0.3, 0.4) is 0 Å². The smallest absolute Gasteiger partial charge is 0.134 e. The molecule has 0 bridgehead atoms. The molecule has 0 aliphatic carbocycles. The van der Waals surface area contributed by atoms with Crippen LogP contribution in [0.1, 0.15) is 10.6 Å². The van der Waals surface area contributed by atoms with E-state index in [0.717, 1.165) is 21.8 Å². The maximum Gasteiger partial charge on any atom is 0.134 e. The minimum absolute atomic E-state index is 0.566. The number of nitriles is 1. The molecule has 0 amide bonds. The lowest BCUT2D eigenvalue weighted by atomic mass is 10.1. The molecule has 4 heteroatoms. The molecule has 0 aliphatic heterocycles. The third-order valence-electron chi connectivity index (χ3n) is 3.11. The maximum atomic E-state index is 9.39. The van der Waals surface area contributed by atoms with Gasteiger partial charge in [-0.15, -0.1) is 11.3 Å². The molecule has 0 saturated heterocycles. The quantitative estimate of drug-likeness (QED) is 0.595. The van der Waals surface area contributed by atoms with Gasteiger partial charge in [-0.05, 0) is 23.8 Å². The molecule has 0 spiro atoms. The summed E-state index contributed by atoms with van der Waals surface area (Å²) in [6, 6.07) is 19.5. The van der Waals surface area contributed by atoms with Crippen LogP contribution in [-0.4, -0.2) is 4.98 Å². The second-order valence-corrected chi connectivity index (χ2v) is 5.92. The maximum absolute atomic E-state index is 9.39. The molecule has 0 unspecified atom stereocenters. The molecular formula is C18H11ClN2S. The van der Waals surface area contributed by atoms with E-state index in [2.05, 4.69) is 11.1 Å². The van der Waals surface area contributed by atoms with E-state index in [9.17, 15) is 5.26 Å². The molecule has 0 atom stereocenters. The SMILES string of the molecule is N#C/C(=C\c1ccccc1)c1nc(-c2ccc(Cl)cc2)cs1. The lowest BCUT2D eigenvalue weighted by Gasteiger charge is -1.97. The monoisotopic (exact) mass is 322 g/mol. The summed E-state index contributed by atoms with van der Waals surface area (Å²) in [5, 5.41) is 12.8. The highest BCUT2D eigenvalue weighted by atomic mass is 35.5. The fourth-order valence-electron chi connectivity index (χ4n) is 2.01. The van der Waals surface area contributed by atoms with Crippen LogP contribution in [0.2, 0.25) is 5.02 Å². The van der Waals surface area contributed by atoms with Crippen LogP contribution in [0.5, 0.6) is 0 Å². The Hall–Kier alpha value is -2.41. The van der Waals surface area contributed by atoms with E-state index in [1.54, 1.807) is 0 Å². The normalized spacial score (nSPS) is 11.2. The summed E-state index contributed by atoms with van der Waals surface area (Å²) in [5.74, 6) is 0. The van der Waals surface area contributed by atoms with E-state index in [-0.39, 0.29) is 0 Å². The second-order valence-electron chi connectivity index (χ2n) is 4.63. The van der Waals surface area contributed by atoms with E-state index in [1.165, 1.54) is 11.3 Å². The average Bonchev–Trinajstić information content (AvgIpc) is 3.04. The first-order valence-electron chi connectivity index (χ1n) is 6.65. The number of hydrogen-bond acceptors (Lipinski definition) is 3. The predicted octanol–water partition coefficient (Wildman–Crippen LogP) is 5.53. The van der Waals surface area contributed by atoms with E-state index in [1.807, 2.05) is 66.1 Å². The minimum Gasteiger partial charge on any atom is -0.235 e. The van der Waals surface area contributed by atoms with E-state index >= 15 is 0 Å². The Morgan fingerprint density at radius 1 is 1.09 bits per heavy atom. The number of thiazole rings is 1. The third-order valence-corrected chi connectivity index (χ3v) is 4.23. The summed E-state index contributed by atoms with van der Waals surface area (Å²) in [6.07, 6.45) is 1.85. The first-order valence-corrected chi connectivity index (χ1v) is 7.91. The van der Waals surface area contributed by atoms with Crippen molar-refractivity contribution in [2.75, 3.05) is 0 Å². The zero-order valence-corrected chi connectivity index (χ0v) is 13.1. The number of aromatic nitrogens is 1. The Kier molecular flexibility index (Phi) is 4.34. The number of rotatable bonds is 3. The van der Waals surface area contributed by atoms with Gasteiger partial charge in [0.1, 0.15) is 11.1 Å². The summed E-state index contributed by atoms with van der Waals surface area (Å²) in [5.41, 5.74) is 3.40. The van der Waals surface area contributed by atoms with Gasteiger partial charge in [-0.1, -0.05) is 54.1 Å². The van der Waals surface area contributed by atoms with Crippen molar-refractivity contribution in [2.24, 2.45) is 0 Å². The van der Waals surface area contributed by atoms with Gasteiger partial charge in [0, 0.05) is 16.0 Å². The molecule has 22 heavy (non-hydrogen) atoms. The molecule has 3 rings (SSSR count). The van der Waals surface area contributed by atoms with Crippen LogP contribution in [-0.2, 0) is 0 Å². The highest BCUT2D eigenvalue weighted by Crippen LogP contribution is 2.27. The van der Waals surface area contributed by atoms with Crippen LogP contribution in [0.15, 0.2) is 60.0 Å². The van der Waals surface area contributed by atoms with Crippen molar-refractivity contribution in [1.82, 2.24) is 4.98 Å². The summed E-state index contributed by atoms with van der Waals surface area (Å²) in [4.78, 5) is 4.56. The van der Waals surface area contributed by atoms with Gasteiger partial charge >= 0.3 is 0 Å². The number of benzene rings is 2. The third kappa shape index (κ3) is 3.25. The summed E-state index contributed by atoms with van der Waals surface area (Å²) in [7, 11) is 0. The Bertz CT molecular complexity index is 843. The molecule has 1 heterocycles. The first kappa shape index (κ1) is 14.5. The average molecular weight is 323 g/mol. The molecule has 106 valence electrons. The summed E-state index contributed by atoms with van der Waals surface area (Å²) < 4.78 is 0. The van der Waals surface area contributed by atoms with Gasteiger partial charge in [0.2, 0.25) is 0 Å². The molecular weight excluding hydrogens is 312 g/mol. The van der Waals surface area contributed by atoms with Gasteiger partial charge in [0.05, 0.1) is 11.3 Å². The van der Waals surface area contributed by atoms with E-state index in [4.69, 9.17) is 11.6 Å². The van der Waals surface area contributed by atoms with Gasteiger partial charge in [0.25, 0.3) is 0 Å². The van der Waals surface area contributed by atoms with E-state index < -0.39 is 0 Å². The lowest BCUT2D eigenvalue weighted by molar-refractivity contribution is 1.37. The van der Waals surface area contributed by atoms with Crippen molar-refractivity contribution in [3.8, 4) is 17.3 Å². The van der Waals surface area contributed by atoms with E-state index in [0.29, 0.717) is 10.6 Å². The minimum atomic E-state index is 0.566. The predicted molar refractivity (Wildman–Crippen MR) is 92.5 cm³/mol. The zero-order chi connectivity index (χ0) is 15.4. The zero-order valence-electron chi connectivity index (χ0n) is 11.5. The van der Waals surface area contributed by atoms with Crippen LogP contribution in [0, 0.1) is 11.3 Å². The molecule has 3 aromatic rings. The van der Waals surface area contributed by atoms with Gasteiger partial charge in [0.15, 0.2) is 0 Å². The second kappa shape index (κ2) is 6.57. The lowest BCUT2D eigenvalue weighted by Crippen LogP contribution is -1.82. The Labute approximate surface area is 138 Å². The van der Waals surface area contributed by atoms with Crippen LogP contribution >= 0.6 is 22.9 Å². The molecule has 0 radical (unpaired) electrons. The number of allylic oxidation sites excluding steroid dienone is 1. The number of halogens is 1. The first-order chi connectivity index (χ1) is 10.8. The fourth-order valence-corrected chi connectivity index (χ4v) is 2.93. The Balaban J connectivity index is 1.94. The van der Waals surface area contributed by atoms with Crippen LogP contribution < -0.4 is 0 Å². The van der Waals surface area contributed by atoms with Crippen molar-refractivity contribution >= 4 is 34.6 Å². The number of nitrogens with zero attached hydrogens (tertiary/aromatic N) is 2. The summed E-state index contributed by atoms with van der Waals surface area (Å²) in [6.45, 7) is 0. The molecule has 2 nitrogen and oxygen atoms in total. The van der Waals surface area contributed by atoms with Crippen molar-refractivity contribution in [3.63, 3.8) is 0 Å². The Morgan fingerprint density at radius 2 is 1.82 bits per heavy atom. The topological polar surface area (TPSA) is 36.7 Å². The summed E-state index contributed by atoms with van der Waals surface area (Å²) >= 11 is 7.36. The molecule has 0 fully saturated rings. The van der Waals surface area contributed by atoms with Gasteiger partial charge in [-0.2, -0.15) is 5.26 Å². The molecule has 1 aromatic heterocycles. The van der Waals surface area contributed by atoms with Crippen molar-refractivity contribution in [2.45, 2.75) is 0 Å². The molecule has 0 aliphatic rings. The molecule has 2 aromatic carbocycles. The van der Waals surface area contributed by atoms with Crippen LogP contribution in [0.4, 0.5) is 0 Å². The highest BCUT2D eigenvalue weighted by Gasteiger charge is 2.09. The highest BCUT2D eigenvalue weighted by molar-refractivity contribution is 7.11. The standard InChI is InChI=1S/C18H11ClN2S/c19-16-8-6-14(7-9-16)17-12-22-18(21-17)15(11-20)10-13-4-2-1-3-5-13/h1-10,12H/b15-10+. The molecule has 0 N–H and O–H groups in total. The Morgan fingerprint density at radius 3 is 2.50 bits per heavy atom.